The van der Waals surface area contributed by atoms with Gasteiger partial charge in [0.25, 0.3) is 0 Å². The van der Waals surface area contributed by atoms with Crippen molar-refractivity contribution in [2.75, 3.05) is 5.75 Å². The van der Waals surface area contributed by atoms with Gasteiger partial charge in [-0.25, -0.2) is 8.42 Å². The summed E-state index contributed by atoms with van der Waals surface area (Å²) in [5.41, 5.74) is 0. The van der Waals surface area contributed by atoms with E-state index >= 15 is 0 Å². The second kappa shape index (κ2) is 2.34. The average molecular weight is 139 g/mol. The first kappa shape index (κ1) is 7.00. The van der Waals surface area contributed by atoms with Crippen molar-refractivity contribution in [1.29, 1.82) is 0 Å². The van der Waals surface area contributed by atoms with E-state index in [0.717, 1.165) is 5.37 Å². The SMILES string of the molecule is O=S(=O)([O-])CC=S. The van der Waals surface area contributed by atoms with Crippen LogP contribution < -0.4 is 0 Å². The van der Waals surface area contributed by atoms with Crippen LogP contribution in [0.1, 0.15) is 0 Å². The summed E-state index contributed by atoms with van der Waals surface area (Å²) in [4.78, 5) is 0. The highest BCUT2D eigenvalue weighted by Crippen LogP contribution is 1.74. The maximum absolute atomic E-state index is 9.58. The van der Waals surface area contributed by atoms with Crippen molar-refractivity contribution < 1.29 is 13.0 Å². The lowest BCUT2D eigenvalue weighted by Crippen LogP contribution is -2.03. The third-order valence-electron chi connectivity index (χ3n) is 0.272. The van der Waals surface area contributed by atoms with Crippen molar-refractivity contribution in [3.63, 3.8) is 0 Å². The predicted molar refractivity (Wildman–Crippen MR) is 28.2 cm³/mol. The second-order valence-electron chi connectivity index (χ2n) is 0.891. The number of rotatable bonds is 2. The average Bonchev–Trinajstić information content (AvgIpc) is 1.30. The molecule has 0 aliphatic heterocycles. The Morgan fingerprint density at radius 1 is 1.71 bits per heavy atom. The summed E-state index contributed by atoms with van der Waals surface area (Å²) in [6.07, 6.45) is 0. The lowest BCUT2D eigenvalue weighted by atomic mass is 11.0. The Kier molecular flexibility index (Phi) is 2.34. The van der Waals surface area contributed by atoms with Crippen molar-refractivity contribution >= 4 is 27.7 Å². The van der Waals surface area contributed by atoms with Crippen molar-refractivity contribution in [2.45, 2.75) is 0 Å². The van der Waals surface area contributed by atoms with Crippen LogP contribution >= 0.6 is 12.2 Å². The predicted octanol–water partition coefficient (Wildman–Crippen LogP) is -0.469. The molecule has 0 aliphatic carbocycles. The smallest absolute Gasteiger partial charge is 0.0990 e. The van der Waals surface area contributed by atoms with E-state index in [4.69, 9.17) is 0 Å². The molecule has 0 unspecified atom stereocenters. The van der Waals surface area contributed by atoms with E-state index in [1.54, 1.807) is 0 Å². The third kappa shape index (κ3) is 6.00. The Bertz CT molecular complexity index is 144. The molecule has 0 aliphatic rings. The molecular formula is C2H3O3S2-. The Balaban J connectivity index is 3.84. The van der Waals surface area contributed by atoms with Crippen LogP contribution in [-0.2, 0) is 10.1 Å². The van der Waals surface area contributed by atoms with Gasteiger partial charge >= 0.3 is 0 Å². The summed E-state index contributed by atoms with van der Waals surface area (Å²) in [7, 11) is -4.08. The summed E-state index contributed by atoms with van der Waals surface area (Å²) in [6.45, 7) is 0. The fraction of sp³-hybridized carbons (Fsp3) is 0.500. The largest absolute Gasteiger partial charge is 0.748 e. The molecule has 5 heteroatoms. The monoisotopic (exact) mass is 139 g/mol. The fourth-order valence-corrected chi connectivity index (χ4v) is 0.750. The molecule has 0 aromatic carbocycles. The molecule has 0 aromatic rings. The third-order valence-corrected chi connectivity index (χ3v) is 1.22. The van der Waals surface area contributed by atoms with Crippen molar-refractivity contribution in [1.82, 2.24) is 0 Å². The molecule has 0 spiro atoms. The molecular weight excluding hydrogens is 136 g/mol. The summed E-state index contributed by atoms with van der Waals surface area (Å²) in [5, 5.41) is 0.891. The molecule has 0 radical (unpaired) electrons. The Hall–Kier alpha value is -0.0000000000000000555. The minimum absolute atomic E-state index is 0.553. The molecule has 0 aromatic heterocycles. The van der Waals surface area contributed by atoms with Gasteiger partial charge in [-0.1, -0.05) is 12.2 Å². The van der Waals surface area contributed by atoms with Gasteiger partial charge in [0.05, 0.1) is 15.9 Å². The van der Waals surface area contributed by atoms with Crippen LogP contribution in [0.15, 0.2) is 0 Å². The molecule has 7 heavy (non-hydrogen) atoms. The van der Waals surface area contributed by atoms with E-state index in [0.29, 0.717) is 0 Å². The minimum atomic E-state index is -4.08. The Morgan fingerprint density at radius 3 is 2.14 bits per heavy atom. The highest BCUT2D eigenvalue weighted by molar-refractivity contribution is 7.88. The maximum Gasteiger partial charge on any atom is 0.0990 e. The van der Waals surface area contributed by atoms with E-state index in [1.165, 1.54) is 0 Å². The van der Waals surface area contributed by atoms with Gasteiger partial charge < -0.3 is 4.55 Å². The molecule has 0 rings (SSSR count). The zero-order valence-electron chi connectivity index (χ0n) is 3.33. The second-order valence-corrected chi connectivity index (χ2v) is 2.67. The lowest BCUT2D eigenvalue weighted by molar-refractivity contribution is 0.468. The summed E-state index contributed by atoms with van der Waals surface area (Å²) < 4.78 is 28.7. The molecule has 0 saturated carbocycles. The Labute approximate surface area is 47.1 Å². The first-order valence-electron chi connectivity index (χ1n) is 1.43. The lowest BCUT2D eigenvalue weighted by Gasteiger charge is -1.98. The Morgan fingerprint density at radius 2 is 2.14 bits per heavy atom. The molecule has 0 atom stereocenters. The van der Waals surface area contributed by atoms with E-state index in [-0.39, 0.29) is 0 Å². The zero-order valence-corrected chi connectivity index (χ0v) is 4.96. The summed E-state index contributed by atoms with van der Waals surface area (Å²) in [5.74, 6) is -0.553. The van der Waals surface area contributed by atoms with Crippen LogP contribution in [0, 0.1) is 0 Å². The quantitative estimate of drug-likeness (QED) is 0.383. The van der Waals surface area contributed by atoms with Crippen molar-refractivity contribution in [3.05, 3.63) is 0 Å². The van der Waals surface area contributed by atoms with Gasteiger partial charge in [0.15, 0.2) is 0 Å². The highest BCUT2D eigenvalue weighted by Gasteiger charge is 1.84. The van der Waals surface area contributed by atoms with Gasteiger partial charge in [0.2, 0.25) is 0 Å². The van der Waals surface area contributed by atoms with Gasteiger partial charge in [-0.3, -0.25) is 0 Å². The summed E-state index contributed by atoms with van der Waals surface area (Å²) in [6, 6.07) is 0. The van der Waals surface area contributed by atoms with Crippen molar-refractivity contribution in [2.24, 2.45) is 0 Å². The number of hydrogen-bond donors (Lipinski definition) is 0. The van der Waals surface area contributed by atoms with Crippen LogP contribution in [-0.4, -0.2) is 24.1 Å². The molecule has 0 bridgehead atoms. The molecule has 42 valence electrons. The fourth-order valence-electron chi connectivity index (χ4n) is 0.0833. The molecule has 0 amide bonds. The van der Waals surface area contributed by atoms with Crippen LogP contribution in [0.4, 0.5) is 0 Å². The zero-order chi connectivity index (χ0) is 5.91. The number of thiocarbonyl (C=S) groups is 1. The van der Waals surface area contributed by atoms with Gasteiger partial charge in [-0.05, 0) is 5.37 Å². The van der Waals surface area contributed by atoms with E-state index < -0.39 is 15.9 Å². The molecule has 0 heterocycles. The minimum Gasteiger partial charge on any atom is -0.748 e. The maximum atomic E-state index is 9.58. The van der Waals surface area contributed by atoms with E-state index in [9.17, 15) is 13.0 Å². The molecule has 3 nitrogen and oxygen atoms in total. The van der Waals surface area contributed by atoms with Gasteiger partial charge in [0, 0.05) is 0 Å². The topological polar surface area (TPSA) is 57.2 Å². The van der Waals surface area contributed by atoms with Gasteiger partial charge in [-0.15, -0.1) is 0 Å². The van der Waals surface area contributed by atoms with Crippen molar-refractivity contribution in [3.8, 4) is 0 Å². The van der Waals surface area contributed by atoms with Gasteiger partial charge in [-0.2, -0.15) is 0 Å². The number of hydrogen-bond acceptors (Lipinski definition) is 4. The summed E-state index contributed by atoms with van der Waals surface area (Å²) >= 11 is 4.10. The molecule has 0 fully saturated rings. The van der Waals surface area contributed by atoms with Gasteiger partial charge in [0.1, 0.15) is 0 Å². The van der Waals surface area contributed by atoms with E-state index in [2.05, 4.69) is 12.2 Å². The van der Waals surface area contributed by atoms with Crippen LogP contribution in [0.5, 0.6) is 0 Å². The standard InChI is InChI=1S/C2H4O3S2/c3-7(4,5)2-1-6/h1H,2H2,(H,3,4,5)/p-1. The molecule has 0 N–H and O–H groups in total. The first-order chi connectivity index (χ1) is 3.06. The normalized spacial score (nSPS) is 11.0. The first-order valence-corrected chi connectivity index (χ1v) is 3.48. The van der Waals surface area contributed by atoms with E-state index in [1.807, 2.05) is 0 Å². The highest BCUT2D eigenvalue weighted by atomic mass is 32.2. The molecule has 0 saturated heterocycles. The van der Waals surface area contributed by atoms with Crippen LogP contribution in [0.3, 0.4) is 0 Å². The van der Waals surface area contributed by atoms with Crippen LogP contribution in [0.2, 0.25) is 0 Å². The van der Waals surface area contributed by atoms with Crippen LogP contribution in [0.25, 0.3) is 0 Å².